The molecule has 1 rings (SSSR count). The number of rotatable bonds is 7. The summed E-state index contributed by atoms with van der Waals surface area (Å²) >= 11 is 5.82. The summed E-state index contributed by atoms with van der Waals surface area (Å²) in [5, 5.41) is 8.41. The number of nitrogens with one attached hydrogen (secondary N) is 1. The second kappa shape index (κ2) is 8.63. The average molecular weight is 374 g/mol. The topological polar surface area (TPSA) is 117 Å². The smallest absolute Gasteiger partial charge is 0.338 e. The van der Waals surface area contributed by atoms with Crippen LogP contribution in [-0.2, 0) is 19.6 Å². The van der Waals surface area contributed by atoms with Crippen molar-refractivity contribution in [3.8, 4) is 6.07 Å². The molecule has 0 bridgehead atoms. The van der Waals surface area contributed by atoms with E-state index in [1.165, 1.54) is 31.1 Å². The standard InChI is InChI=1S/C14H16ClN3O5S/c1-17-24(21,22)12-8-10(4-5-11(12)15)14(20)23-9-13(19)18(2)7-3-6-16/h4-5,8,17H,3,7,9H2,1-2H3. The van der Waals surface area contributed by atoms with Gasteiger partial charge in [0, 0.05) is 13.6 Å². The molecule has 0 fully saturated rings. The van der Waals surface area contributed by atoms with Crippen LogP contribution in [0.5, 0.6) is 0 Å². The van der Waals surface area contributed by atoms with Gasteiger partial charge in [-0.3, -0.25) is 4.79 Å². The Balaban J connectivity index is 2.81. The molecular formula is C14H16ClN3O5S. The number of sulfonamides is 1. The predicted molar refractivity (Wildman–Crippen MR) is 85.8 cm³/mol. The summed E-state index contributed by atoms with van der Waals surface area (Å²) in [4.78, 5) is 24.7. The predicted octanol–water partition coefficient (Wildman–Crippen LogP) is 0.777. The van der Waals surface area contributed by atoms with Gasteiger partial charge in [-0.2, -0.15) is 5.26 Å². The van der Waals surface area contributed by atoms with E-state index in [9.17, 15) is 18.0 Å². The van der Waals surface area contributed by atoms with Crippen LogP contribution in [0.25, 0.3) is 0 Å². The number of halogens is 1. The van der Waals surface area contributed by atoms with Gasteiger partial charge in [-0.1, -0.05) is 11.6 Å². The quantitative estimate of drug-likeness (QED) is 0.706. The van der Waals surface area contributed by atoms with E-state index in [1.54, 1.807) is 0 Å². The van der Waals surface area contributed by atoms with Crippen LogP contribution in [0.15, 0.2) is 23.1 Å². The summed E-state index contributed by atoms with van der Waals surface area (Å²) in [5.41, 5.74) is -0.0549. The highest BCUT2D eigenvalue weighted by atomic mass is 35.5. The number of likely N-dealkylation sites (N-methyl/N-ethyl adjacent to an activating group) is 1. The lowest BCUT2D eigenvalue weighted by molar-refractivity contribution is -0.133. The first-order chi connectivity index (χ1) is 11.2. The molecule has 0 aliphatic carbocycles. The van der Waals surface area contributed by atoms with Crippen LogP contribution < -0.4 is 4.72 Å². The molecule has 1 aromatic carbocycles. The Morgan fingerprint density at radius 1 is 1.42 bits per heavy atom. The van der Waals surface area contributed by atoms with Crippen LogP contribution >= 0.6 is 11.6 Å². The third kappa shape index (κ3) is 5.19. The van der Waals surface area contributed by atoms with E-state index < -0.39 is 28.5 Å². The van der Waals surface area contributed by atoms with Crippen molar-refractivity contribution in [1.82, 2.24) is 9.62 Å². The van der Waals surface area contributed by atoms with Gasteiger partial charge in [-0.15, -0.1) is 0 Å². The molecule has 0 heterocycles. The Labute approximate surface area is 145 Å². The van der Waals surface area contributed by atoms with E-state index >= 15 is 0 Å². The third-order valence-electron chi connectivity index (χ3n) is 3.04. The van der Waals surface area contributed by atoms with Crippen LogP contribution in [-0.4, -0.2) is 52.4 Å². The Hall–Kier alpha value is -2.15. The zero-order valence-corrected chi connectivity index (χ0v) is 14.6. The number of carbonyl (C=O) groups is 2. The van der Waals surface area contributed by atoms with Crippen LogP contribution in [0.1, 0.15) is 16.8 Å². The maximum absolute atomic E-state index is 12.0. The maximum Gasteiger partial charge on any atom is 0.338 e. The first kappa shape index (κ1) is 19.9. The largest absolute Gasteiger partial charge is 0.452 e. The van der Waals surface area contributed by atoms with Gasteiger partial charge in [0.05, 0.1) is 23.1 Å². The van der Waals surface area contributed by atoms with Crippen LogP contribution in [0.2, 0.25) is 5.02 Å². The number of ether oxygens (including phenoxy) is 1. The molecule has 1 aromatic rings. The first-order valence-electron chi connectivity index (χ1n) is 6.74. The second-order valence-electron chi connectivity index (χ2n) is 4.65. The van der Waals surface area contributed by atoms with E-state index in [1.807, 2.05) is 6.07 Å². The van der Waals surface area contributed by atoms with Gasteiger partial charge < -0.3 is 9.64 Å². The summed E-state index contributed by atoms with van der Waals surface area (Å²) in [6, 6.07) is 5.52. The van der Waals surface area contributed by atoms with Gasteiger partial charge >= 0.3 is 5.97 Å². The molecule has 1 N–H and O–H groups in total. The highest BCUT2D eigenvalue weighted by Gasteiger charge is 2.20. The summed E-state index contributed by atoms with van der Waals surface area (Å²) in [6.07, 6.45) is 0.165. The molecule has 10 heteroatoms. The van der Waals surface area contributed by atoms with Gasteiger partial charge in [0.15, 0.2) is 6.61 Å². The highest BCUT2D eigenvalue weighted by molar-refractivity contribution is 7.89. The molecule has 130 valence electrons. The van der Waals surface area contributed by atoms with E-state index in [-0.39, 0.29) is 28.4 Å². The van der Waals surface area contributed by atoms with Crippen molar-refractivity contribution in [3.05, 3.63) is 28.8 Å². The molecule has 1 amide bonds. The van der Waals surface area contributed by atoms with Gasteiger partial charge in [0.1, 0.15) is 4.90 Å². The summed E-state index contributed by atoms with van der Waals surface area (Å²) in [6.45, 7) is -0.296. The Morgan fingerprint density at radius 2 is 2.08 bits per heavy atom. The fourth-order valence-electron chi connectivity index (χ4n) is 1.61. The van der Waals surface area contributed by atoms with Crippen LogP contribution in [0.4, 0.5) is 0 Å². The molecule has 24 heavy (non-hydrogen) atoms. The van der Waals surface area contributed by atoms with Crippen molar-refractivity contribution >= 4 is 33.5 Å². The van der Waals surface area contributed by atoms with Gasteiger partial charge in [0.25, 0.3) is 5.91 Å². The normalized spacial score (nSPS) is 10.8. The molecule has 0 aromatic heterocycles. The number of carbonyl (C=O) groups excluding carboxylic acids is 2. The minimum atomic E-state index is -3.84. The molecule has 0 aliphatic heterocycles. The second-order valence-corrected chi connectivity index (χ2v) is 6.91. The van der Waals surface area contributed by atoms with Crippen molar-refractivity contribution < 1.29 is 22.7 Å². The van der Waals surface area contributed by atoms with Crippen molar-refractivity contribution in [2.75, 3.05) is 27.2 Å². The molecule has 0 radical (unpaired) electrons. The first-order valence-corrected chi connectivity index (χ1v) is 8.60. The highest BCUT2D eigenvalue weighted by Crippen LogP contribution is 2.22. The van der Waals surface area contributed by atoms with Crippen molar-refractivity contribution in [1.29, 1.82) is 5.26 Å². The molecule has 0 aliphatic rings. The number of nitrogens with zero attached hydrogens (tertiary/aromatic N) is 2. The van der Waals surface area contributed by atoms with Gasteiger partial charge in [-0.05, 0) is 25.2 Å². The molecule has 0 unspecified atom stereocenters. The summed E-state index contributed by atoms with van der Waals surface area (Å²) < 4.78 is 30.6. The number of benzene rings is 1. The molecule has 0 atom stereocenters. The van der Waals surface area contributed by atoms with Crippen molar-refractivity contribution in [2.45, 2.75) is 11.3 Å². The minimum absolute atomic E-state index is 0.0480. The number of esters is 1. The van der Waals surface area contributed by atoms with E-state index in [0.717, 1.165) is 6.07 Å². The van der Waals surface area contributed by atoms with Crippen molar-refractivity contribution in [2.24, 2.45) is 0 Å². The molecule has 8 nitrogen and oxygen atoms in total. The summed E-state index contributed by atoms with van der Waals surface area (Å²) in [5.74, 6) is -1.34. The van der Waals surface area contributed by atoms with Crippen LogP contribution in [0.3, 0.4) is 0 Å². The Morgan fingerprint density at radius 3 is 2.67 bits per heavy atom. The lowest BCUT2D eigenvalue weighted by Gasteiger charge is -2.15. The lowest BCUT2D eigenvalue weighted by atomic mass is 10.2. The number of amides is 1. The van der Waals surface area contributed by atoms with Crippen LogP contribution in [0, 0.1) is 11.3 Å². The van der Waals surface area contributed by atoms with E-state index in [2.05, 4.69) is 4.72 Å². The zero-order valence-electron chi connectivity index (χ0n) is 13.1. The molecule has 0 saturated carbocycles. The fourth-order valence-corrected chi connectivity index (χ4v) is 2.86. The van der Waals surface area contributed by atoms with Gasteiger partial charge in [-0.25, -0.2) is 17.9 Å². The molecule has 0 spiro atoms. The Kier molecular flexibility index (Phi) is 7.16. The average Bonchev–Trinajstić information content (AvgIpc) is 2.57. The SMILES string of the molecule is CNS(=O)(=O)c1cc(C(=O)OCC(=O)N(C)CCC#N)ccc1Cl. The van der Waals surface area contributed by atoms with E-state index in [4.69, 9.17) is 21.6 Å². The molecule has 0 saturated heterocycles. The van der Waals surface area contributed by atoms with E-state index in [0.29, 0.717) is 0 Å². The van der Waals surface area contributed by atoms with Crippen molar-refractivity contribution in [3.63, 3.8) is 0 Å². The Bertz CT molecular complexity index is 773. The maximum atomic E-state index is 12.0. The lowest BCUT2D eigenvalue weighted by Crippen LogP contribution is -2.32. The third-order valence-corrected chi connectivity index (χ3v) is 4.93. The number of hydrogen-bond donors (Lipinski definition) is 1. The fraction of sp³-hybridized carbons (Fsp3) is 0.357. The molecular weight excluding hydrogens is 358 g/mol. The van der Waals surface area contributed by atoms with Gasteiger partial charge in [0.2, 0.25) is 10.0 Å². The zero-order chi connectivity index (χ0) is 18.3. The number of nitriles is 1. The minimum Gasteiger partial charge on any atom is -0.452 e. The summed E-state index contributed by atoms with van der Waals surface area (Å²) in [7, 11) is -1.14. The number of hydrogen-bond acceptors (Lipinski definition) is 6. The monoisotopic (exact) mass is 373 g/mol.